The van der Waals surface area contributed by atoms with Gasteiger partial charge in [0.2, 0.25) is 0 Å². The summed E-state index contributed by atoms with van der Waals surface area (Å²) < 4.78 is 0. The van der Waals surface area contributed by atoms with Gasteiger partial charge >= 0.3 is 12.0 Å². The van der Waals surface area contributed by atoms with Crippen LogP contribution < -0.4 is 10.6 Å². The Morgan fingerprint density at radius 2 is 1.76 bits per heavy atom. The average Bonchev–Trinajstić information content (AvgIpc) is 2.69. The number of carboxylic acids is 1. The highest BCUT2D eigenvalue weighted by molar-refractivity contribution is 5.95. The number of hydrogen-bond acceptors (Lipinski definition) is 3. The van der Waals surface area contributed by atoms with Crippen molar-refractivity contribution >= 4 is 17.7 Å². The summed E-state index contributed by atoms with van der Waals surface area (Å²) >= 11 is 0. The summed E-state index contributed by atoms with van der Waals surface area (Å²) in [5.74, 6) is -1.56. The maximum atomic E-state index is 11.9. The highest BCUT2D eigenvalue weighted by Crippen LogP contribution is 2.22. The van der Waals surface area contributed by atoms with E-state index >= 15 is 0 Å². The first-order valence-corrected chi connectivity index (χ1v) is 7.20. The molecule has 0 unspecified atom stereocenters. The van der Waals surface area contributed by atoms with Crippen LogP contribution in [0.1, 0.15) is 48.9 Å². The zero-order chi connectivity index (χ0) is 15.2. The van der Waals surface area contributed by atoms with Crippen molar-refractivity contribution in [2.24, 2.45) is 0 Å². The van der Waals surface area contributed by atoms with Crippen LogP contribution in [0.2, 0.25) is 0 Å². The van der Waals surface area contributed by atoms with Gasteiger partial charge in [0.1, 0.15) is 11.3 Å². The van der Waals surface area contributed by atoms with Crippen LogP contribution >= 0.6 is 0 Å². The molecule has 0 aromatic heterocycles. The number of aromatic carboxylic acids is 1. The van der Waals surface area contributed by atoms with Crippen LogP contribution in [-0.4, -0.2) is 28.3 Å². The fourth-order valence-corrected chi connectivity index (χ4v) is 2.56. The molecule has 0 heterocycles. The first-order chi connectivity index (χ1) is 10.1. The summed E-state index contributed by atoms with van der Waals surface area (Å²) in [5, 5.41) is 23.9. The van der Waals surface area contributed by atoms with Crippen molar-refractivity contribution in [3.63, 3.8) is 0 Å². The Balaban J connectivity index is 1.95. The number of nitrogens with one attached hydrogen (secondary N) is 2. The molecule has 0 spiro atoms. The van der Waals surface area contributed by atoms with Gasteiger partial charge < -0.3 is 20.8 Å². The van der Waals surface area contributed by atoms with Crippen LogP contribution in [-0.2, 0) is 0 Å². The quantitative estimate of drug-likeness (QED) is 0.508. The molecule has 21 heavy (non-hydrogen) atoms. The van der Waals surface area contributed by atoms with Gasteiger partial charge in [0.25, 0.3) is 0 Å². The minimum Gasteiger partial charge on any atom is -0.507 e. The number of carbonyl (C=O) groups excluding carboxylic acids is 1. The predicted molar refractivity (Wildman–Crippen MR) is 78.7 cm³/mol. The maximum Gasteiger partial charge on any atom is 0.339 e. The van der Waals surface area contributed by atoms with E-state index in [2.05, 4.69) is 10.6 Å². The summed E-state index contributed by atoms with van der Waals surface area (Å²) in [6, 6.07) is 3.79. The molecule has 1 saturated carbocycles. The van der Waals surface area contributed by atoms with Crippen LogP contribution in [0, 0.1) is 0 Å². The second-order valence-corrected chi connectivity index (χ2v) is 5.32. The van der Waals surface area contributed by atoms with Gasteiger partial charge in [0.15, 0.2) is 0 Å². The summed E-state index contributed by atoms with van der Waals surface area (Å²) in [4.78, 5) is 22.9. The van der Waals surface area contributed by atoms with Gasteiger partial charge in [-0.1, -0.05) is 25.7 Å². The Morgan fingerprint density at radius 1 is 1.10 bits per heavy atom. The topological polar surface area (TPSA) is 98.7 Å². The Labute approximate surface area is 123 Å². The normalized spacial score (nSPS) is 16.0. The van der Waals surface area contributed by atoms with E-state index in [1.54, 1.807) is 0 Å². The lowest BCUT2D eigenvalue weighted by atomic mass is 10.1. The molecule has 1 aliphatic rings. The van der Waals surface area contributed by atoms with Crippen LogP contribution in [0.15, 0.2) is 18.2 Å². The number of hydrogen-bond donors (Lipinski definition) is 4. The molecule has 6 nitrogen and oxygen atoms in total. The zero-order valence-corrected chi connectivity index (χ0v) is 11.8. The summed E-state index contributed by atoms with van der Waals surface area (Å²) in [6.07, 6.45) is 6.60. The lowest BCUT2D eigenvalue weighted by Gasteiger charge is -2.17. The Kier molecular flexibility index (Phi) is 5.03. The number of carboxylic acid groups (broad SMARTS) is 1. The highest BCUT2D eigenvalue weighted by atomic mass is 16.4. The fourth-order valence-electron chi connectivity index (χ4n) is 2.56. The summed E-state index contributed by atoms with van der Waals surface area (Å²) in [6.45, 7) is 0. The molecular formula is C15H20N2O4. The second-order valence-electron chi connectivity index (χ2n) is 5.32. The molecule has 4 N–H and O–H groups in total. The molecule has 0 aliphatic heterocycles. The maximum absolute atomic E-state index is 11.9. The molecule has 1 aromatic rings. The van der Waals surface area contributed by atoms with Crippen LogP contribution in [0.5, 0.6) is 5.75 Å². The van der Waals surface area contributed by atoms with Gasteiger partial charge in [-0.3, -0.25) is 0 Å². The minimum absolute atomic E-state index is 0.170. The Hall–Kier alpha value is -2.24. The third-order valence-electron chi connectivity index (χ3n) is 3.68. The van der Waals surface area contributed by atoms with E-state index in [-0.39, 0.29) is 23.4 Å². The van der Waals surface area contributed by atoms with Crippen molar-refractivity contribution in [2.45, 2.75) is 44.6 Å². The second kappa shape index (κ2) is 6.97. The molecule has 114 valence electrons. The SMILES string of the molecule is O=C(Nc1ccc(O)c(C(=O)O)c1)NC1CCCCCC1. The number of rotatable bonds is 3. The van der Waals surface area contributed by atoms with Gasteiger partial charge in [0.05, 0.1) is 0 Å². The molecule has 6 heteroatoms. The number of benzene rings is 1. The van der Waals surface area contributed by atoms with E-state index in [1.807, 2.05) is 0 Å². The van der Waals surface area contributed by atoms with Gasteiger partial charge in [0, 0.05) is 11.7 Å². The van der Waals surface area contributed by atoms with Crippen LogP contribution in [0.3, 0.4) is 0 Å². The van der Waals surface area contributed by atoms with Gasteiger partial charge in [-0.15, -0.1) is 0 Å². The van der Waals surface area contributed by atoms with E-state index in [0.717, 1.165) is 25.7 Å². The molecule has 2 rings (SSSR count). The first-order valence-electron chi connectivity index (χ1n) is 7.20. The van der Waals surface area contributed by atoms with Crippen LogP contribution in [0.25, 0.3) is 0 Å². The van der Waals surface area contributed by atoms with E-state index < -0.39 is 5.97 Å². The van der Waals surface area contributed by atoms with Crippen LogP contribution in [0.4, 0.5) is 10.5 Å². The van der Waals surface area contributed by atoms with Gasteiger partial charge in [-0.25, -0.2) is 9.59 Å². The molecule has 2 amide bonds. The molecule has 0 bridgehead atoms. The smallest absolute Gasteiger partial charge is 0.339 e. The molecular weight excluding hydrogens is 272 g/mol. The molecule has 1 fully saturated rings. The van der Waals surface area contributed by atoms with E-state index in [9.17, 15) is 14.7 Å². The largest absolute Gasteiger partial charge is 0.507 e. The average molecular weight is 292 g/mol. The predicted octanol–water partition coefficient (Wildman–Crippen LogP) is 2.93. The van der Waals surface area contributed by atoms with Gasteiger partial charge in [-0.05, 0) is 31.0 Å². The van der Waals surface area contributed by atoms with Crippen molar-refractivity contribution in [1.82, 2.24) is 5.32 Å². The molecule has 0 saturated heterocycles. The summed E-state index contributed by atoms with van der Waals surface area (Å²) in [7, 11) is 0. The molecule has 0 atom stereocenters. The van der Waals surface area contributed by atoms with Gasteiger partial charge in [-0.2, -0.15) is 0 Å². The van der Waals surface area contributed by atoms with Crippen molar-refractivity contribution in [3.05, 3.63) is 23.8 Å². The number of amides is 2. The first kappa shape index (κ1) is 15.2. The van der Waals surface area contributed by atoms with Crippen molar-refractivity contribution in [3.8, 4) is 5.75 Å². The Morgan fingerprint density at radius 3 is 2.38 bits per heavy atom. The summed E-state index contributed by atoms with van der Waals surface area (Å²) in [5.41, 5.74) is 0.110. The van der Waals surface area contributed by atoms with E-state index in [1.165, 1.54) is 31.0 Å². The van der Waals surface area contributed by atoms with Crippen molar-refractivity contribution in [2.75, 3.05) is 5.32 Å². The monoisotopic (exact) mass is 292 g/mol. The molecule has 0 radical (unpaired) electrons. The lowest BCUT2D eigenvalue weighted by Crippen LogP contribution is -2.37. The van der Waals surface area contributed by atoms with Crippen molar-refractivity contribution < 1.29 is 19.8 Å². The van der Waals surface area contributed by atoms with Crippen molar-refractivity contribution in [1.29, 1.82) is 0 Å². The van der Waals surface area contributed by atoms with E-state index in [0.29, 0.717) is 5.69 Å². The number of phenols is 1. The van der Waals surface area contributed by atoms with E-state index in [4.69, 9.17) is 5.11 Å². The standard InChI is InChI=1S/C15H20N2O4/c18-13-8-7-11(9-12(13)14(19)20)17-15(21)16-10-5-3-1-2-4-6-10/h7-10,18H,1-6H2,(H,19,20)(H2,16,17,21). The minimum atomic E-state index is -1.24. The zero-order valence-electron chi connectivity index (χ0n) is 11.8. The third kappa shape index (κ3) is 4.37. The Bertz CT molecular complexity index is 522. The number of carbonyl (C=O) groups is 2. The fraction of sp³-hybridized carbons (Fsp3) is 0.467. The molecule has 1 aromatic carbocycles. The number of aromatic hydroxyl groups is 1. The highest BCUT2D eigenvalue weighted by Gasteiger charge is 2.16. The molecule has 1 aliphatic carbocycles. The number of anilines is 1. The third-order valence-corrected chi connectivity index (χ3v) is 3.68. The lowest BCUT2D eigenvalue weighted by molar-refractivity contribution is 0.0693. The number of urea groups is 1.